The first-order valence-electron chi connectivity index (χ1n) is 12.3. The zero-order chi connectivity index (χ0) is 24.3. The summed E-state index contributed by atoms with van der Waals surface area (Å²) in [5, 5.41) is 15.7. The first-order valence-corrected chi connectivity index (χ1v) is 12.3. The van der Waals surface area contributed by atoms with Crippen molar-refractivity contribution in [2.75, 3.05) is 20.3 Å². The molecule has 7 heteroatoms. The van der Waals surface area contributed by atoms with Crippen molar-refractivity contribution in [2.24, 2.45) is 0 Å². The van der Waals surface area contributed by atoms with E-state index in [0.717, 1.165) is 48.5 Å². The standard InChI is InChI=1S/C28H33N3O4/c1-33-20-8-4-2-3-5-9-21-34-26-18-16-25(17-19-26)24-14-12-23(13-15-24)22-35-31-28-11-7-6-10-27(28)30(32)29-31/h6-7,10-19H,2-5,8-9,20-22H2,1H3. The molecule has 0 spiro atoms. The summed E-state index contributed by atoms with van der Waals surface area (Å²) in [6.07, 6.45) is 7.20. The Morgan fingerprint density at radius 1 is 0.771 bits per heavy atom. The molecule has 1 aromatic heterocycles. The average Bonchev–Trinajstić information content (AvgIpc) is 3.23. The highest BCUT2D eigenvalue weighted by Crippen LogP contribution is 2.23. The van der Waals surface area contributed by atoms with E-state index in [1.807, 2.05) is 30.3 Å². The fourth-order valence-electron chi connectivity index (χ4n) is 3.97. The van der Waals surface area contributed by atoms with Gasteiger partial charge in [0.15, 0.2) is 6.61 Å². The van der Waals surface area contributed by atoms with Crippen molar-refractivity contribution in [3.63, 3.8) is 0 Å². The molecule has 0 fully saturated rings. The number of aromatic nitrogens is 3. The van der Waals surface area contributed by atoms with Crippen LogP contribution in [0.2, 0.25) is 0 Å². The Labute approximate surface area is 206 Å². The molecule has 0 unspecified atom stereocenters. The number of fused-ring (bicyclic) bond motifs is 1. The van der Waals surface area contributed by atoms with E-state index >= 15 is 0 Å². The molecular weight excluding hydrogens is 442 g/mol. The van der Waals surface area contributed by atoms with Crippen LogP contribution in [0.15, 0.2) is 72.8 Å². The van der Waals surface area contributed by atoms with Crippen molar-refractivity contribution in [1.82, 2.24) is 10.1 Å². The van der Waals surface area contributed by atoms with Crippen LogP contribution in [0.4, 0.5) is 0 Å². The van der Waals surface area contributed by atoms with E-state index in [1.54, 1.807) is 25.3 Å². The summed E-state index contributed by atoms with van der Waals surface area (Å²) >= 11 is 0. The Kier molecular flexibility index (Phi) is 8.95. The number of hydrogen-bond acceptors (Lipinski definition) is 5. The van der Waals surface area contributed by atoms with Gasteiger partial charge in [-0.2, -0.15) is 0 Å². The summed E-state index contributed by atoms with van der Waals surface area (Å²) in [6.45, 7) is 1.93. The average molecular weight is 476 g/mol. The summed E-state index contributed by atoms with van der Waals surface area (Å²) in [7, 11) is 1.76. The van der Waals surface area contributed by atoms with Gasteiger partial charge in [-0.05, 0) is 53.8 Å². The minimum Gasteiger partial charge on any atom is -0.691 e. The number of hydrogen-bond donors (Lipinski definition) is 0. The lowest BCUT2D eigenvalue weighted by Crippen LogP contribution is -2.30. The molecule has 3 aromatic carbocycles. The fraction of sp³-hybridized carbons (Fsp3) is 0.357. The van der Waals surface area contributed by atoms with Crippen LogP contribution < -0.4 is 14.4 Å². The van der Waals surface area contributed by atoms with E-state index in [9.17, 15) is 5.21 Å². The van der Waals surface area contributed by atoms with E-state index in [-0.39, 0.29) is 0 Å². The summed E-state index contributed by atoms with van der Waals surface area (Å²) in [6, 6.07) is 23.6. The van der Waals surface area contributed by atoms with Gasteiger partial charge in [0.25, 0.3) is 0 Å². The minimum atomic E-state index is 0.311. The monoisotopic (exact) mass is 475 g/mol. The molecule has 0 N–H and O–H groups in total. The largest absolute Gasteiger partial charge is 0.691 e. The van der Waals surface area contributed by atoms with Crippen molar-refractivity contribution in [3.05, 3.63) is 83.6 Å². The van der Waals surface area contributed by atoms with Gasteiger partial charge in [-0.25, -0.2) is 0 Å². The van der Waals surface area contributed by atoms with E-state index in [1.165, 1.54) is 30.5 Å². The van der Waals surface area contributed by atoms with E-state index in [0.29, 0.717) is 22.5 Å². The van der Waals surface area contributed by atoms with E-state index < -0.39 is 0 Å². The molecule has 0 aliphatic carbocycles. The maximum absolute atomic E-state index is 11.9. The van der Waals surface area contributed by atoms with Crippen molar-refractivity contribution in [3.8, 4) is 16.9 Å². The molecule has 184 valence electrons. The minimum absolute atomic E-state index is 0.311. The van der Waals surface area contributed by atoms with Crippen LogP contribution in [0.1, 0.15) is 44.1 Å². The summed E-state index contributed by atoms with van der Waals surface area (Å²) < 4.78 is 11.0. The molecule has 0 saturated carbocycles. The maximum atomic E-state index is 11.9. The number of unbranched alkanes of at least 4 members (excludes halogenated alkanes) is 5. The predicted octanol–water partition coefficient (Wildman–Crippen LogP) is 5.33. The number of benzene rings is 3. The van der Waals surface area contributed by atoms with Crippen LogP contribution in [-0.2, 0) is 11.3 Å². The van der Waals surface area contributed by atoms with E-state index in [4.69, 9.17) is 14.3 Å². The van der Waals surface area contributed by atoms with Crippen molar-refractivity contribution in [2.45, 2.75) is 45.1 Å². The molecule has 0 bridgehead atoms. The van der Waals surface area contributed by atoms with Crippen LogP contribution in [0.25, 0.3) is 22.2 Å². The highest BCUT2D eigenvalue weighted by Gasteiger charge is 2.14. The molecule has 0 aliphatic rings. The zero-order valence-corrected chi connectivity index (χ0v) is 20.3. The first kappa shape index (κ1) is 24.5. The molecule has 0 radical (unpaired) electrons. The van der Waals surface area contributed by atoms with Crippen LogP contribution >= 0.6 is 0 Å². The van der Waals surface area contributed by atoms with Gasteiger partial charge in [0, 0.05) is 13.7 Å². The Morgan fingerprint density at radius 2 is 1.40 bits per heavy atom. The summed E-state index contributed by atoms with van der Waals surface area (Å²) in [4.78, 5) is 7.58. The van der Waals surface area contributed by atoms with Crippen LogP contribution in [-0.4, -0.2) is 30.4 Å². The van der Waals surface area contributed by atoms with Gasteiger partial charge in [0.2, 0.25) is 11.0 Å². The van der Waals surface area contributed by atoms with Gasteiger partial charge in [0.05, 0.1) is 11.5 Å². The van der Waals surface area contributed by atoms with Crippen molar-refractivity contribution in [1.29, 1.82) is 0 Å². The first-order chi connectivity index (χ1) is 17.2. The summed E-state index contributed by atoms with van der Waals surface area (Å²) in [5.41, 5.74) is 4.36. The lowest BCUT2D eigenvalue weighted by atomic mass is 10.0. The van der Waals surface area contributed by atoms with Crippen molar-refractivity contribution >= 4 is 11.0 Å². The molecule has 0 saturated heterocycles. The molecular formula is C28H33N3O4. The Hall–Kier alpha value is -3.58. The van der Waals surface area contributed by atoms with E-state index in [2.05, 4.69) is 29.5 Å². The number of ether oxygens (including phenoxy) is 2. The molecule has 35 heavy (non-hydrogen) atoms. The van der Waals surface area contributed by atoms with Crippen LogP contribution in [0.3, 0.4) is 0 Å². The zero-order valence-electron chi connectivity index (χ0n) is 20.3. The predicted molar refractivity (Wildman–Crippen MR) is 136 cm³/mol. The lowest BCUT2D eigenvalue weighted by Gasteiger charge is -2.08. The second-order valence-corrected chi connectivity index (χ2v) is 8.58. The highest BCUT2D eigenvalue weighted by atomic mass is 16.7. The SMILES string of the molecule is COCCCCCCCCOc1ccc(-c2ccc(COn3n[n+]([O-])c4ccccc43)cc2)cc1. The third-order valence-corrected chi connectivity index (χ3v) is 5.96. The van der Waals surface area contributed by atoms with Gasteiger partial charge in [-0.15, -0.1) is 4.85 Å². The molecule has 7 nitrogen and oxygen atoms in total. The van der Waals surface area contributed by atoms with Crippen molar-refractivity contribution < 1.29 is 19.2 Å². The molecule has 4 aromatic rings. The lowest BCUT2D eigenvalue weighted by molar-refractivity contribution is -0.649. The summed E-state index contributed by atoms with van der Waals surface area (Å²) in [5.74, 6) is 0.904. The smallest absolute Gasteiger partial charge is 0.247 e. The van der Waals surface area contributed by atoms with Gasteiger partial charge < -0.3 is 19.5 Å². The molecule has 1 heterocycles. The third kappa shape index (κ3) is 6.96. The van der Waals surface area contributed by atoms with Gasteiger partial charge in [-0.1, -0.05) is 74.2 Å². The Balaban J connectivity index is 1.21. The third-order valence-electron chi connectivity index (χ3n) is 5.96. The molecule has 0 amide bonds. The number of methoxy groups -OCH3 is 1. The van der Waals surface area contributed by atoms with Crippen LogP contribution in [0.5, 0.6) is 5.75 Å². The highest BCUT2D eigenvalue weighted by molar-refractivity contribution is 5.70. The fourth-order valence-corrected chi connectivity index (χ4v) is 3.97. The molecule has 0 atom stereocenters. The second-order valence-electron chi connectivity index (χ2n) is 8.58. The number of rotatable bonds is 14. The normalized spacial score (nSPS) is 11.1. The quantitative estimate of drug-likeness (QED) is 0.140. The topological polar surface area (TPSA) is 72.5 Å². The van der Waals surface area contributed by atoms with Gasteiger partial charge in [0.1, 0.15) is 11.0 Å². The van der Waals surface area contributed by atoms with Gasteiger partial charge in [-0.3, -0.25) is 0 Å². The second kappa shape index (κ2) is 12.8. The Bertz CT molecular complexity index is 1170. The number of para-hydroxylation sites is 2. The molecule has 4 rings (SSSR count). The number of nitrogens with zero attached hydrogens (tertiary/aromatic N) is 3. The maximum Gasteiger partial charge on any atom is 0.247 e. The molecule has 0 aliphatic heterocycles. The van der Waals surface area contributed by atoms with Crippen LogP contribution in [0, 0.1) is 5.21 Å². The van der Waals surface area contributed by atoms with Gasteiger partial charge >= 0.3 is 0 Å². The Morgan fingerprint density at radius 3 is 2.11 bits per heavy atom.